The van der Waals surface area contributed by atoms with Gasteiger partial charge in [0, 0.05) is 17.8 Å². The molecular formula is C16H16N2O3. The van der Waals surface area contributed by atoms with Crippen LogP contribution < -0.4 is 20.5 Å². The molecule has 0 fully saturated rings. The number of hydrogen-bond donors (Lipinski definition) is 2. The topological polar surface area (TPSA) is 73.6 Å². The van der Waals surface area contributed by atoms with E-state index in [2.05, 4.69) is 5.32 Å². The van der Waals surface area contributed by atoms with Gasteiger partial charge in [-0.1, -0.05) is 24.3 Å². The van der Waals surface area contributed by atoms with E-state index in [0.717, 1.165) is 28.3 Å². The highest BCUT2D eigenvalue weighted by atomic mass is 16.7. The summed E-state index contributed by atoms with van der Waals surface area (Å²) < 4.78 is 10.8. The Balaban J connectivity index is 1.65. The maximum absolute atomic E-state index is 10.9. The van der Waals surface area contributed by atoms with Crippen LogP contribution in [0.15, 0.2) is 42.5 Å². The Morgan fingerprint density at radius 2 is 1.95 bits per heavy atom. The second-order valence-corrected chi connectivity index (χ2v) is 4.84. The van der Waals surface area contributed by atoms with E-state index in [1.165, 1.54) is 0 Å². The summed E-state index contributed by atoms with van der Waals surface area (Å²) in [6.45, 7) is 0.913. The number of nitrogens with two attached hydrogens (primary N) is 1. The monoisotopic (exact) mass is 284 g/mol. The smallest absolute Gasteiger partial charge is 0.231 e. The maximum Gasteiger partial charge on any atom is 0.231 e. The number of nitrogens with one attached hydrogen (secondary N) is 1. The van der Waals surface area contributed by atoms with Crippen molar-refractivity contribution in [1.29, 1.82) is 0 Å². The lowest BCUT2D eigenvalue weighted by Crippen LogP contribution is -2.13. The number of para-hydroxylation sites is 1. The Morgan fingerprint density at radius 3 is 2.71 bits per heavy atom. The zero-order chi connectivity index (χ0) is 14.7. The lowest BCUT2D eigenvalue weighted by atomic mass is 10.1. The van der Waals surface area contributed by atoms with Gasteiger partial charge in [0.05, 0.1) is 6.42 Å². The highest BCUT2D eigenvalue weighted by molar-refractivity contribution is 5.76. The van der Waals surface area contributed by atoms with Crippen molar-refractivity contribution in [2.24, 2.45) is 5.73 Å². The normalized spacial score (nSPS) is 12.2. The maximum atomic E-state index is 10.9. The molecule has 5 heteroatoms. The van der Waals surface area contributed by atoms with Gasteiger partial charge in [-0.25, -0.2) is 0 Å². The summed E-state index contributed by atoms with van der Waals surface area (Å²) in [6.07, 6.45) is 0.262. The Hall–Kier alpha value is -2.69. The summed E-state index contributed by atoms with van der Waals surface area (Å²) >= 11 is 0. The largest absolute Gasteiger partial charge is 0.454 e. The minimum absolute atomic E-state index is 0.262. The number of rotatable bonds is 5. The number of carbonyl (C=O) groups is 1. The quantitative estimate of drug-likeness (QED) is 0.881. The number of amides is 1. The zero-order valence-corrected chi connectivity index (χ0v) is 11.5. The molecule has 0 bridgehead atoms. The van der Waals surface area contributed by atoms with E-state index < -0.39 is 0 Å². The van der Waals surface area contributed by atoms with Crippen LogP contribution in [0, 0.1) is 0 Å². The number of carbonyl (C=O) groups excluding carboxylic acids is 1. The van der Waals surface area contributed by atoms with Crippen molar-refractivity contribution in [3.8, 4) is 11.5 Å². The molecule has 1 aliphatic rings. The molecule has 21 heavy (non-hydrogen) atoms. The first-order valence-corrected chi connectivity index (χ1v) is 6.71. The Labute approximate surface area is 122 Å². The van der Waals surface area contributed by atoms with Crippen LogP contribution in [0.25, 0.3) is 0 Å². The number of primary amides is 1. The summed E-state index contributed by atoms with van der Waals surface area (Å²) in [5, 5.41) is 3.32. The highest BCUT2D eigenvalue weighted by Gasteiger charge is 2.16. The van der Waals surface area contributed by atoms with Gasteiger partial charge in [-0.05, 0) is 23.8 Å². The lowest BCUT2D eigenvalue weighted by Gasteiger charge is -2.09. The summed E-state index contributed by atoms with van der Waals surface area (Å²) in [4.78, 5) is 10.9. The van der Waals surface area contributed by atoms with Crippen LogP contribution in [0.5, 0.6) is 11.5 Å². The molecule has 5 nitrogen and oxygen atoms in total. The number of hydrogen-bond acceptors (Lipinski definition) is 4. The van der Waals surface area contributed by atoms with Gasteiger partial charge < -0.3 is 20.5 Å². The summed E-state index contributed by atoms with van der Waals surface area (Å²) in [7, 11) is 0. The van der Waals surface area contributed by atoms with Gasteiger partial charge in [-0.15, -0.1) is 0 Å². The third kappa shape index (κ3) is 3.08. The fourth-order valence-electron chi connectivity index (χ4n) is 2.27. The van der Waals surface area contributed by atoms with Gasteiger partial charge in [0.15, 0.2) is 11.5 Å². The summed E-state index contributed by atoms with van der Waals surface area (Å²) in [6, 6.07) is 13.5. The Kier molecular flexibility index (Phi) is 3.64. The van der Waals surface area contributed by atoms with Gasteiger partial charge in [-0.3, -0.25) is 4.79 Å². The summed E-state index contributed by atoms with van der Waals surface area (Å²) in [5.41, 5.74) is 8.10. The van der Waals surface area contributed by atoms with Gasteiger partial charge in [0.25, 0.3) is 0 Å². The van der Waals surface area contributed by atoms with E-state index in [4.69, 9.17) is 15.2 Å². The molecule has 0 atom stereocenters. The average molecular weight is 284 g/mol. The predicted molar refractivity (Wildman–Crippen MR) is 79.2 cm³/mol. The first kappa shape index (κ1) is 13.3. The molecule has 2 aromatic rings. The van der Waals surface area contributed by atoms with Crippen molar-refractivity contribution in [3.63, 3.8) is 0 Å². The van der Waals surface area contributed by atoms with Crippen LogP contribution in [0.1, 0.15) is 11.1 Å². The predicted octanol–water partition coefficient (Wildman–Crippen LogP) is 2.06. The molecule has 3 N–H and O–H groups in total. The van der Waals surface area contributed by atoms with Crippen molar-refractivity contribution in [3.05, 3.63) is 53.6 Å². The molecule has 0 saturated carbocycles. The van der Waals surface area contributed by atoms with Crippen LogP contribution in [-0.4, -0.2) is 12.7 Å². The molecule has 1 aliphatic heterocycles. The number of fused-ring (bicyclic) bond motifs is 1. The fraction of sp³-hybridized carbons (Fsp3) is 0.188. The van der Waals surface area contributed by atoms with Crippen molar-refractivity contribution >= 4 is 11.6 Å². The molecule has 0 unspecified atom stereocenters. The minimum atomic E-state index is -0.326. The van der Waals surface area contributed by atoms with Crippen LogP contribution in [0.4, 0.5) is 5.69 Å². The average Bonchev–Trinajstić information content (AvgIpc) is 2.95. The standard InChI is InChI=1S/C16H16N2O3/c17-15(19)8-11-4-6-13(7-5-11)18-9-12-2-1-3-14-16(12)21-10-20-14/h1-7,18H,8-10H2,(H2,17,19). The molecule has 0 aliphatic carbocycles. The zero-order valence-electron chi connectivity index (χ0n) is 11.5. The fourth-order valence-corrected chi connectivity index (χ4v) is 2.27. The van der Waals surface area contributed by atoms with Crippen LogP contribution in [0.2, 0.25) is 0 Å². The molecule has 0 spiro atoms. The SMILES string of the molecule is NC(=O)Cc1ccc(NCc2cccc3c2OCO3)cc1. The van der Waals surface area contributed by atoms with E-state index in [0.29, 0.717) is 6.54 Å². The van der Waals surface area contributed by atoms with Crippen molar-refractivity contribution in [2.75, 3.05) is 12.1 Å². The van der Waals surface area contributed by atoms with Crippen LogP contribution >= 0.6 is 0 Å². The van der Waals surface area contributed by atoms with Gasteiger partial charge in [0.2, 0.25) is 12.7 Å². The molecular weight excluding hydrogens is 268 g/mol. The highest BCUT2D eigenvalue weighted by Crippen LogP contribution is 2.35. The van der Waals surface area contributed by atoms with Crippen molar-refractivity contribution in [1.82, 2.24) is 0 Å². The van der Waals surface area contributed by atoms with E-state index in [-0.39, 0.29) is 19.1 Å². The van der Waals surface area contributed by atoms with Gasteiger partial charge in [-0.2, -0.15) is 0 Å². The van der Waals surface area contributed by atoms with Crippen LogP contribution in [0.3, 0.4) is 0 Å². The van der Waals surface area contributed by atoms with Gasteiger partial charge >= 0.3 is 0 Å². The molecule has 108 valence electrons. The van der Waals surface area contributed by atoms with E-state index in [1.807, 2.05) is 42.5 Å². The minimum Gasteiger partial charge on any atom is -0.454 e. The second-order valence-electron chi connectivity index (χ2n) is 4.84. The number of anilines is 1. The molecule has 3 rings (SSSR count). The molecule has 0 saturated heterocycles. The number of ether oxygens (including phenoxy) is 2. The van der Waals surface area contributed by atoms with Crippen LogP contribution in [-0.2, 0) is 17.8 Å². The van der Waals surface area contributed by atoms with E-state index in [1.54, 1.807) is 0 Å². The molecule has 1 heterocycles. The Morgan fingerprint density at radius 1 is 1.14 bits per heavy atom. The first-order chi connectivity index (χ1) is 10.2. The van der Waals surface area contributed by atoms with Crippen molar-refractivity contribution in [2.45, 2.75) is 13.0 Å². The first-order valence-electron chi connectivity index (χ1n) is 6.71. The van der Waals surface area contributed by atoms with Gasteiger partial charge in [0.1, 0.15) is 0 Å². The molecule has 0 radical (unpaired) electrons. The number of benzene rings is 2. The third-order valence-electron chi connectivity index (χ3n) is 3.29. The molecule has 2 aromatic carbocycles. The second kappa shape index (κ2) is 5.75. The van der Waals surface area contributed by atoms with E-state index in [9.17, 15) is 4.79 Å². The molecule has 1 amide bonds. The van der Waals surface area contributed by atoms with Crippen molar-refractivity contribution < 1.29 is 14.3 Å². The third-order valence-corrected chi connectivity index (χ3v) is 3.29. The molecule has 0 aromatic heterocycles. The van der Waals surface area contributed by atoms with E-state index >= 15 is 0 Å². The Bertz CT molecular complexity index is 653. The summed E-state index contributed by atoms with van der Waals surface area (Å²) in [5.74, 6) is 1.26. The lowest BCUT2D eigenvalue weighted by molar-refractivity contribution is -0.117.